The fourth-order valence-corrected chi connectivity index (χ4v) is 2.15. The van der Waals surface area contributed by atoms with E-state index in [2.05, 4.69) is 41.8 Å². The Labute approximate surface area is 146 Å². The van der Waals surface area contributed by atoms with E-state index in [1.165, 1.54) is 17.7 Å². The van der Waals surface area contributed by atoms with Crippen LogP contribution in [0, 0.1) is 0 Å². The molecule has 0 bridgehead atoms. The van der Waals surface area contributed by atoms with Crippen molar-refractivity contribution in [2.24, 2.45) is 5.10 Å². The number of thiocarbonyl (C=S) groups is 1. The van der Waals surface area contributed by atoms with Gasteiger partial charge >= 0.3 is 0 Å². The standard InChI is InChI=1S/C18H19N3O2S/c1-12(2)14-7-9-16(10-8-14)20-18(24)21-19-11-13-3-5-15(6-4-13)17(22)23/h3-12H,1-2H3,(H,22,23)(H2,20,21,24)/p-1/b19-11-. The van der Waals surface area contributed by atoms with Crippen LogP contribution in [0.4, 0.5) is 5.69 Å². The number of carboxylic acids is 1. The maximum Gasteiger partial charge on any atom is 0.191 e. The van der Waals surface area contributed by atoms with Crippen LogP contribution in [0.15, 0.2) is 53.6 Å². The van der Waals surface area contributed by atoms with Gasteiger partial charge in [-0.15, -0.1) is 0 Å². The van der Waals surface area contributed by atoms with E-state index in [0.717, 1.165) is 11.3 Å². The minimum atomic E-state index is -1.20. The summed E-state index contributed by atoms with van der Waals surface area (Å²) in [5.41, 5.74) is 5.73. The average Bonchev–Trinajstić information content (AvgIpc) is 2.55. The molecule has 0 saturated heterocycles. The summed E-state index contributed by atoms with van der Waals surface area (Å²) in [6.45, 7) is 4.28. The highest BCUT2D eigenvalue weighted by Gasteiger charge is 2.00. The number of carbonyl (C=O) groups is 1. The molecule has 24 heavy (non-hydrogen) atoms. The second kappa shape index (κ2) is 8.21. The minimum absolute atomic E-state index is 0.127. The summed E-state index contributed by atoms with van der Waals surface area (Å²) >= 11 is 5.17. The Kier molecular flexibility index (Phi) is 6.03. The molecular formula is C18H18N3O2S-. The van der Waals surface area contributed by atoms with E-state index in [0.29, 0.717) is 11.0 Å². The Morgan fingerprint density at radius 2 is 1.75 bits per heavy atom. The highest BCUT2D eigenvalue weighted by molar-refractivity contribution is 7.80. The van der Waals surface area contributed by atoms with Crippen molar-refractivity contribution >= 4 is 35.2 Å². The molecule has 0 saturated carbocycles. The molecule has 0 heterocycles. The molecule has 0 aliphatic carbocycles. The third kappa shape index (κ3) is 5.17. The number of hydrogen-bond acceptors (Lipinski definition) is 4. The first-order valence-corrected chi connectivity index (χ1v) is 7.88. The number of nitrogens with zero attached hydrogens (tertiary/aromatic N) is 1. The van der Waals surface area contributed by atoms with Crippen LogP contribution in [-0.4, -0.2) is 17.3 Å². The number of rotatable bonds is 5. The van der Waals surface area contributed by atoms with Crippen molar-refractivity contribution in [2.75, 3.05) is 5.32 Å². The number of hydrazone groups is 1. The molecule has 0 aromatic heterocycles. The monoisotopic (exact) mass is 340 g/mol. The van der Waals surface area contributed by atoms with Crippen LogP contribution in [0.2, 0.25) is 0 Å². The Bertz CT molecular complexity index is 738. The fourth-order valence-electron chi connectivity index (χ4n) is 1.98. The van der Waals surface area contributed by atoms with E-state index in [1.807, 2.05) is 12.1 Å². The third-order valence-electron chi connectivity index (χ3n) is 3.36. The van der Waals surface area contributed by atoms with Crippen molar-refractivity contribution in [3.63, 3.8) is 0 Å². The Balaban J connectivity index is 1.87. The molecule has 2 N–H and O–H groups in total. The molecule has 0 aliphatic rings. The van der Waals surface area contributed by atoms with Crippen LogP contribution in [0.5, 0.6) is 0 Å². The molecule has 124 valence electrons. The van der Waals surface area contributed by atoms with Crippen molar-refractivity contribution in [3.8, 4) is 0 Å². The second-order valence-electron chi connectivity index (χ2n) is 5.51. The lowest BCUT2D eigenvalue weighted by molar-refractivity contribution is -0.255. The first kappa shape index (κ1) is 17.6. The lowest BCUT2D eigenvalue weighted by atomic mass is 10.0. The Morgan fingerprint density at radius 3 is 2.29 bits per heavy atom. The lowest BCUT2D eigenvalue weighted by Crippen LogP contribution is -2.23. The number of nitrogens with one attached hydrogen (secondary N) is 2. The summed E-state index contributed by atoms with van der Waals surface area (Å²) in [4.78, 5) is 10.7. The Hall–Kier alpha value is -2.73. The van der Waals surface area contributed by atoms with Gasteiger partial charge in [0.05, 0.1) is 12.2 Å². The zero-order valence-electron chi connectivity index (χ0n) is 13.4. The van der Waals surface area contributed by atoms with E-state index in [4.69, 9.17) is 12.2 Å². The number of benzene rings is 2. The van der Waals surface area contributed by atoms with Crippen LogP contribution in [0.25, 0.3) is 0 Å². The van der Waals surface area contributed by atoms with Crippen molar-refractivity contribution < 1.29 is 9.90 Å². The molecule has 2 aromatic carbocycles. The molecule has 0 amide bonds. The topological polar surface area (TPSA) is 76.5 Å². The molecule has 0 atom stereocenters. The summed E-state index contributed by atoms with van der Waals surface area (Å²) in [5.74, 6) is -0.720. The molecule has 0 radical (unpaired) electrons. The molecule has 2 rings (SSSR count). The number of hydrogen-bond donors (Lipinski definition) is 2. The van der Waals surface area contributed by atoms with Gasteiger partial charge in [0.2, 0.25) is 0 Å². The van der Waals surface area contributed by atoms with Gasteiger partial charge in [-0.1, -0.05) is 50.2 Å². The third-order valence-corrected chi connectivity index (χ3v) is 3.55. The number of carbonyl (C=O) groups excluding carboxylic acids is 1. The molecule has 0 spiro atoms. The van der Waals surface area contributed by atoms with Crippen LogP contribution in [0.1, 0.15) is 41.3 Å². The van der Waals surface area contributed by atoms with Gasteiger partial charge in [-0.25, -0.2) is 0 Å². The molecule has 0 unspecified atom stereocenters. The normalized spacial score (nSPS) is 10.8. The van der Waals surface area contributed by atoms with Crippen molar-refractivity contribution in [1.82, 2.24) is 5.43 Å². The predicted molar refractivity (Wildman–Crippen MR) is 98.3 cm³/mol. The minimum Gasteiger partial charge on any atom is -0.545 e. The molecule has 0 fully saturated rings. The van der Waals surface area contributed by atoms with Gasteiger partial charge in [0.25, 0.3) is 0 Å². The first-order chi connectivity index (χ1) is 11.5. The largest absolute Gasteiger partial charge is 0.545 e. The summed E-state index contributed by atoms with van der Waals surface area (Å²) in [5, 5.41) is 18.1. The van der Waals surface area contributed by atoms with E-state index in [1.54, 1.807) is 18.3 Å². The van der Waals surface area contributed by atoms with Crippen molar-refractivity contribution in [2.45, 2.75) is 19.8 Å². The first-order valence-electron chi connectivity index (χ1n) is 7.47. The molecule has 2 aromatic rings. The zero-order chi connectivity index (χ0) is 17.5. The van der Waals surface area contributed by atoms with Gasteiger partial charge < -0.3 is 15.2 Å². The lowest BCUT2D eigenvalue weighted by Gasteiger charge is -2.09. The van der Waals surface area contributed by atoms with Gasteiger partial charge in [0.15, 0.2) is 5.11 Å². The number of anilines is 1. The summed E-state index contributed by atoms with van der Waals surface area (Å²) in [6, 6.07) is 14.2. The van der Waals surface area contributed by atoms with Gasteiger partial charge in [-0.3, -0.25) is 5.43 Å². The van der Waals surface area contributed by atoms with Crippen LogP contribution >= 0.6 is 12.2 Å². The van der Waals surface area contributed by atoms with Crippen molar-refractivity contribution in [3.05, 3.63) is 65.2 Å². The summed E-state index contributed by atoms with van der Waals surface area (Å²) < 4.78 is 0. The van der Waals surface area contributed by atoms with Gasteiger partial charge in [-0.05, 0) is 47.0 Å². The molecule has 6 heteroatoms. The zero-order valence-corrected chi connectivity index (χ0v) is 14.3. The highest BCUT2D eigenvalue weighted by atomic mass is 32.1. The smallest absolute Gasteiger partial charge is 0.191 e. The van der Waals surface area contributed by atoms with Crippen LogP contribution < -0.4 is 15.8 Å². The predicted octanol–water partition coefficient (Wildman–Crippen LogP) is 2.49. The molecule has 0 aliphatic heterocycles. The Morgan fingerprint density at radius 1 is 1.12 bits per heavy atom. The maximum atomic E-state index is 10.7. The second-order valence-corrected chi connectivity index (χ2v) is 5.92. The van der Waals surface area contributed by atoms with Crippen molar-refractivity contribution in [1.29, 1.82) is 0 Å². The average molecular weight is 340 g/mol. The van der Waals surface area contributed by atoms with Gasteiger partial charge in [-0.2, -0.15) is 5.10 Å². The molecule has 5 nitrogen and oxygen atoms in total. The fraction of sp³-hybridized carbons (Fsp3) is 0.167. The summed E-state index contributed by atoms with van der Waals surface area (Å²) in [7, 11) is 0. The van der Waals surface area contributed by atoms with E-state index >= 15 is 0 Å². The van der Waals surface area contributed by atoms with E-state index in [-0.39, 0.29) is 5.56 Å². The highest BCUT2D eigenvalue weighted by Crippen LogP contribution is 2.16. The quantitative estimate of drug-likeness (QED) is 0.497. The van der Waals surface area contributed by atoms with E-state index in [9.17, 15) is 9.90 Å². The van der Waals surface area contributed by atoms with Gasteiger partial charge in [0.1, 0.15) is 0 Å². The maximum absolute atomic E-state index is 10.7. The van der Waals surface area contributed by atoms with Gasteiger partial charge in [0, 0.05) is 5.69 Å². The van der Waals surface area contributed by atoms with Crippen LogP contribution in [0.3, 0.4) is 0 Å². The SMILES string of the molecule is CC(C)c1ccc(NC(=S)N/N=C\c2ccc(C(=O)[O-])cc2)cc1. The molecular weight excluding hydrogens is 322 g/mol. The van der Waals surface area contributed by atoms with Crippen LogP contribution in [-0.2, 0) is 0 Å². The van der Waals surface area contributed by atoms with E-state index < -0.39 is 5.97 Å². The number of aromatic carboxylic acids is 1. The summed E-state index contributed by atoms with van der Waals surface area (Å²) in [6.07, 6.45) is 1.55. The number of carboxylic acid groups (broad SMARTS) is 1.